The second-order valence-electron chi connectivity index (χ2n) is 6.56. The molecule has 1 N–H and O–H groups in total. The fourth-order valence-corrected chi connectivity index (χ4v) is 5.03. The number of rotatable bonds is 4. The molecule has 3 rings (SSSR count). The van der Waals surface area contributed by atoms with E-state index in [9.17, 15) is 17.6 Å². The number of hydrogen-bond acceptors (Lipinski definition) is 4. The van der Waals surface area contributed by atoms with Crippen molar-refractivity contribution in [2.24, 2.45) is 17.8 Å². The molecule has 2 heterocycles. The maximum Gasteiger partial charge on any atom is 0.226 e. The van der Waals surface area contributed by atoms with Gasteiger partial charge in [0.15, 0.2) is 9.84 Å². The summed E-state index contributed by atoms with van der Waals surface area (Å²) in [7, 11) is -3.60. The Bertz CT molecular complexity index is 678. The molecule has 126 valence electrons. The van der Waals surface area contributed by atoms with Crippen molar-refractivity contribution in [2.75, 3.05) is 31.9 Å². The second-order valence-corrected chi connectivity index (χ2v) is 8.59. The summed E-state index contributed by atoms with van der Waals surface area (Å²) in [6, 6.07) is 4.73. The van der Waals surface area contributed by atoms with Crippen LogP contribution in [0, 0.1) is 23.6 Å². The van der Waals surface area contributed by atoms with Gasteiger partial charge < -0.3 is 10.2 Å². The molecule has 0 spiro atoms. The lowest BCUT2D eigenvalue weighted by atomic mass is 10.0. The smallest absolute Gasteiger partial charge is 0.226 e. The van der Waals surface area contributed by atoms with Crippen LogP contribution in [-0.4, -0.2) is 51.2 Å². The van der Waals surface area contributed by atoms with Crippen LogP contribution in [0.1, 0.15) is 6.92 Å². The van der Waals surface area contributed by atoms with Crippen LogP contribution < -0.4 is 5.32 Å². The van der Waals surface area contributed by atoms with Gasteiger partial charge in [0, 0.05) is 32.1 Å². The molecule has 23 heavy (non-hydrogen) atoms. The molecular formula is C16H21FN2O3S. The van der Waals surface area contributed by atoms with Crippen LogP contribution in [0.25, 0.3) is 0 Å². The summed E-state index contributed by atoms with van der Waals surface area (Å²) in [6.45, 7) is 4.91. The van der Waals surface area contributed by atoms with E-state index in [1.165, 1.54) is 12.1 Å². The monoisotopic (exact) mass is 340 g/mol. The molecule has 1 unspecified atom stereocenters. The zero-order valence-electron chi connectivity index (χ0n) is 13.0. The number of carbonyl (C=O) groups excluding carboxylic acids is 1. The molecule has 3 atom stereocenters. The van der Waals surface area contributed by atoms with Gasteiger partial charge in [-0.25, -0.2) is 12.8 Å². The second kappa shape index (κ2) is 6.20. The lowest BCUT2D eigenvalue weighted by Crippen LogP contribution is -2.37. The Morgan fingerprint density at radius 3 is 2.39 bits per heavy atom. The van der Waals surface area contributed by atoms with Crippen LogP contribution in [-0.2, 0) is 14.6 Å². The highest BCUT2D eigenvalue weighted by molar-refractivity contribution is 7.91. The third kappa shape index (κ3) is 3.40. The first-order chi connectivity index (χ1) is 10.9. The standard InChI is InChI=1S/C16H21FN2O3S/c1-11(10-23(21,22)15-4-2-14(17)3-5-15)16(20)19-8-12-6-18-7-13(12)9-19/h2-5,11-13,18H,6-10H2,1H3/t11?,12-,13+. The van der Waals surface area contributed by atoms with Crippen LogP contribution in [0.3, 0.4) is 0 Å². The number of nitrogens with one attached hydrogen (secondary N) is 1. The molecule has 2 aliphatic heterocycles. The molecule has 1 aromatic rings. The number of likely N-dealkylation sites (tertiary alicyclic amines) is 1. The number of carbonyl (C=O) groups is 1. The Hall–Kier alpha value is -1.47. The van der Waals surface area contributed by atoms with Crippen molar-refractivity contribution in [3.05, 3.63) is 30.1 Å². The molecule has 5 nitrogen and oxygen atoms in total. The SMILES string of the molecule is CC(CS(=O)(=O)c1ccc(F)cc1)C(=O)N1C[C@H]2CNC[C@H]2C1. The van der Waals surface area contributed by atoms with Crippen LogP contribution in [0.15, 0.2) is 29.2 Å². The molecule has 0 aromatic heterocycles. The van der Waals surface area contributed by atoms with Crippen molar-refractivity contribution in [1.82, 2.24) is 10.2 Å². The predicted octanol–water partition coefficient (Wildman–Crippen LogP) is 0.913. The minimum absolute atomic E-state index is 0.0565. The average molecular weight is 340 g/mol. The van der Waals surface area contributed by atoms with Gasteiger partial charge in [0.1, 0.15) is 5.82 Å². The van der Waals surface area contributed by atoms with Gasteiger partial charge >= 0.3 is 0 Å². The summed E-state index contributed by atoms with van der Waals surface area (Å²) in [4.78, 5) is 14.4. The van der Waals surface area contributed by atoms with Gasteiger partial charge in [0.25, 0.3) is 0 Å². The van der Waals surface area contributed by atoms with Gasteiger partial charge in [0.05, 0.1) is 10.6 Å². The van der Waals surface area contributed by atoms with Crippen molar-refractivity contribution >= 4 is 15.7 Å². The number of fused-ring (bicyclic) bond motifs is 1. The number of hydrogen-bond donors (Lipinski definition) is 1. The largest absolute Gasteiger partial charge is 0.342 e. The molecule has 0 saturated carbocycles. The molecule has 0 radical (unpaired) electrons. The molecule has 2 fully saturated rings. The molecule has 0 aliphatic carbocycles. The first-order valence-corrected chi connectivity index (χ1v) is 9.50. The predicted molar refractivity (Wildman–Crippen MR) is 84.0 cm³/mol. The summed E-state index contributed by atoms with van der Waals surface area (Å²) in [5, 5.41) is 3.31. The first-order valence-electron chi connectivity index (χ1n) is 7.84. The van der Waals surface area contributed by atoms with E-state index in [0.29, 0.717) is 24.9 Å². The van der Waals surface area contributed by atoms with E-state index in [1.54, 1.807) is 11.8 Å². The highest BCUT2D eigenvalue weighted by atomic mass is 32.2. The number of amides is 1. The summed E-state index contributed by atoms with van der Waals surface area (Å²) < 4.78 is 37.7. The zero-order chi connectivity index (χ0) is 16.6. The molecule has 2 aliphatic rings. The molecule has 1 aromatic carbocycles. The quantitative estimate of drug-likeness (QED) is 0.828. The highest BCUT2D eigenvalue weighted by Crippen LogP contribution is 2.27. The Kier molecular flexibility index (Phi) is 4.42. The van der Waals surface area contributed by atoms with Crippen molar-refractivity contribution < 1.29 is 17.6 Å². The fraction of sp³-hybridized carbons (Fsp3) is 0.562. The van der Waals surface area contributed by atoms with Gasteiger partial charge in [-0.1, -0.05) is 6.92 Å². The Balaban J connectivity index is 1.65. The third-order valence-electron chi connectivity index (χ3n) is 4.76. The number of benzene rings is 1. The van der Waals surface area contributed by atoms with Crippen molar-refractivity contribution in [3.63, 3.8) is 0 Å². The van der Waals surface area contributed by atoms with Gasteiger partial charge in [-0.3, -0.25) is 4.79 Å². The van der Waals surface area contributed by atoms with Crippen LogP contribution >= 0.6 is 0 Å². The fourth-order valence-electron chi connectivity index (χ4n) is 3.49. The summed E-state index contributed by atoms with van der Waals surface area (Å²) in [6.07, 6.45) is 0. The van der Waals surface area contributed by atoms with E-state index in [2.05, 4.69) is 5.32 Å². The first kappa shape index (κ1) is 16.4. The minimum atomic E-state index is -3.60. The number of halogens is 1. The van der Waals surface area contributed by atoms with Crippen LogP contribution in [0.5, 0.6) is 0 Å². The number of sulfone groups is 1. The van der Waals surface area contributed by atoms with Crippen molar-refractivity contribution in [2.45, 2.75) is 11.8 Å². The number of nitrogens with zero attached hydrogens (tertiary/aromatic N) is 1. The van der Waals surface area contributed by atoms with Crippen LogP contribution in [0.4, 0.5) is 4.39 Å². The maximum atomic E-state index is 12.9. The molecule has 7 heteroatoms. The lowest BCUT2D eigenvalue weighted by Gasteiger charge is -2.21. The van der Waals surface area contributed by atoms with E-state index < -0.39 is 21.6 Å². The van der Waals surface area contributed by atoms with Crippen molar-refractivity contribution in [1.29, 1.82) is 0 Å². The highest BCUT2D eigenvalue weighted by Gasteiger charge is 2.39. The normalized spacial score (nSPS) is 25.4. The van der Waals surface area contributed by atoms with Crippen LogP contribution in [0.2, 0.25) is 0 Å². The van der Waals surface area contributed by atoms with Gasteiger partial charge in [-0.2, -0.15) is 0 Å². The summed E-state index contributed by atoms with van der Waals surface area (Å²) >= 11 is 0. The summed E-state index contributed by atoms with van der Waals surface area (Å²) in [5.41, 5.74) is 0. The summed E-state index contributed by atoms with van der Waals surface area (Å²) in [5.74, 6) is -0.464. The van der Waals surface area contributed by atoms with E-state index in [1.807, 2.05) is 0 Å². The molecular weight excluding hydrogens is 319 g/mol. The van der Waals surface area contributed by atoms with Crippen molar-refractivity contribution in [3.8, 4) is 0 Å². The Labute approximate surface area is 135 Å². The maximum absolute atomic E-state index is 12.9. The zero-order valence-corrected chi connectivity index (χ0v) is 13.9. The topological polar surface area (TPSA) is 66.5 Å². The van der Waals surface area contributed by atoms with Gasteiger partial charge in [0.2, 0.25) is 5.91 Å². The molecule has 1 amide bonds. The van der Waals surface area contributed by atoms with Gasteiger partial charge in [-0.15, -0.1) is 0 Å². The van der Waals surface area contributed by atoms with E-state index in [4.69, 9.17) is 0 Å². The minimum Gasteiger partial charge on any atom is -0.342 e. The third-order valence-corrected chi connectivity index (χ3v) is 6.69. The van der Waals surface area contributed by atoms with E-state index in [-0.39, 0.29) is 16.6 Å². The average Bonchev–Trinajstić information content (AvgIpc) is 3.07. The Morgan fingerprint density at radius 1 is 1.26 bits per heavy atom. The molecule has 2 saturated heterocycles. The van der Waals surface area contributed by atoms with E-state index in [0.717, 1.165) is 25.2 Å². The Morgan fingerprint density at radius 2 is 1.83 bits per heavy atom. The molecule has 0 bridgehead atoms. The van der Waals surface area contributed by atoms with E-state index >= 15 is 0 Å². The lowest BCUT2D eigenvalue weighted by molar-refractivity contribution is -0.133. The van der Waals surface area contributed by atoms with Gasteiger partial charge in [-0.05, 0) is 36.1 Å².